The van der Waals surface area contributed by atoms with E-state index in [1.54, 1.807) is 0 Å². The lowest BCUT2D eigenvalue weighted by Gasteiger charge is -2.13. The largest absolute Gasteiger partial charge is 0.391 e. The predicted octanol–water partition coefficient (Wildman–Crippen LogP) is 3.34. The van der Waals surface area contributed by atoms with Crippen LogP contribution in [0.5, 0.6) is 0 Å². The molecule has 3 heteroatoms. The van der Waals surface area contributed by atoms with Crippen LogP contribution in [0.1, 0.15) is 16.7 Å². The topological polar surface area (TPSA) is 32.3 Å². The first-order valence-corrected chi connectivity index (χ1v) is 7.20. The van der Waals surface area contributed by atoms with E-state index in [2.05, 4.69) is 17.4 Å². The van der Waals surface area contributed by atoms with Crippen LogP contribution < -0.4 is 5.32 Å². The van der Waals surface area contributed by atoms with Crippen LogP contribution in [0.4, 0.5) is 0 Å². The van der Waals surface area contributed by atoms with Crippen LogP contribution >= 0.6 is 11.6 Å². The van der Waals surface area contributed by atoms with Crippen LogP contribution in [-0.2, 0) is 13.0 Å². The molecule has 2 aromatic rings. The Morgan fingerprint density at radius 3 is 2.55 bits per heavy atom. The first-order chi connectivity index (χ1) is 9.65. The van der Waals surface area contributed by atoms with Gasteiger partial charge in [-0.3, -0.25) is 0 Å². The van der Waals surface area contributed by atoms with Gasteiger partial charge in [0, 0.05) is 18.1 Å². The lowest BCUT2D eigenvalue weighted by Crippen LogP contribution is -2.28. The smallest absolute Gasteiger partial charge is 0.0704 e. The number of aliphatic hydroxyl groups excluding tert-OH is 1. The molecule has 0 bridgehead atoms. The summed E-state index contributed by atoms with van der Waals surface area (Å²) in [6, 6.07) is 16.1. The second-order valence-corrected chi connectivity index (χ2v) is 5.47. The Kier molecular flexibility index (Phi) is 5.60. The van der Waals surface area contributed by atoms with Crippen molar-refractivity contribution in [2.24, 2.45) is 0 Å². The van der Waals surface area contributed by atoms with E-state index >= 15 is 0 Å². The van der Waals surface area contributed by atoms with Gasteiger partial charge in [-0.2, -0.15) is 0 Å². The zero-order chi connectivity index (χ0) is 14.4. The molecule has 2 aromatic carbocycles. The number of hydrogen-bond donors (Lipinski definition) is 2. The zero-order valence-corrected chi connectivity index (χ0v) is 12.4. The zero-order valence-electron chi connectivity index (χ0n) is 11.6. The van der Waals surface area contributed by atoms with E-state index in [4.69, 9.17) is 11.6 Å². The summed E-state index contributed by atoms with van der Waals surface area (Å²) < 4.78 is 0. The maximum Gasteiger partial charge on any atom is 0.0704 e. The molecule has 0 aliphatic heterocycles. The number of rotatable bonds is 6. The first-order valence-electron chi connectivity index (χ1n) is 6.83. The van der Waals surface area contributed by atoms with E-state index in [1.165, 1.54) is 5.56 Å². The van der Waals surface area contributed by atoms with Crippen LogP contribution in [0.15, 0.2) is 48.5 Å². The minimum atomic E-state index is -0.390. The van der Waals surface area contributed by atoms with Crippen molar-refractivity contribution < 1.29 is 5.11 Å². The third-order valence-electron chi connectivity index (χ3n) is 3.25. The van der Waals surface area contributed by atoms with Crippen molar-refractivity contribution in [3.63, 3.8) is 0 Å². The van der Waals surface area contributed by atoms with Crippen LogP contribution in [0.25, 0.3) is 0 Å². The third kappa shape index (κ3) is 4.64. The van der Waals surface area contributed by atoms with Crippen LogP contribution in [-0.4, -0.2) is 17.8 Å². The van der Waals surface area contributed by atoms with Gasteiger partial charge in [0.2, 0.25) is 0 Å². The second-order valence-electron chi connectivity index (χ2n) is 5.06. The van der Waals surface area contributed by atoms with Gasteiger partial charge in [0.15, 0.2) is 0 Å². The Labute approximate surface area is 125 Å². The average Bonchev–Trinajstić information content (AvgIpc) is 2.44. The summed E-state index contributed by atoms with van der Waals surface area (Å²) in [5.74, 6) is 0. The van der Waals surface area contributed by atoms with Crippen molar-refractivity contribution in [1.29, 1.82) is 0 Å². The molecule has 1 unspecified atom stereocenters. The van der Waals surface area contributed by atoms with Gasteiger partial charge in [0.1, 0.15) is 0 Å². The van der Waals surface area contributed by atoms with Crippen LogP contribution in [0.3, 0.4) is 0 Å². The Hall–Kier alpha value is -1.35. The van der Waals surface area contributed by atoms with Gasteiger partial charge in [0.25, 0.3) is 0 Å². The van der Waals surface area contributed by atoms with Gasteiger partial charge in [-0.05, 0) is 36.1 Å². The number of halogens is 1. The van der Waals surface area contributed by atoms with E-state index in [0.29, 0.717) is 13.0 Å². The Morgan fingerprint density at radius 2 is 1.85 bits per heavy atom. The molecule has 20 heavy (non-hydrogen) atoms. The van der Waals surface area contributed by atoms with E-state index in [1.807, 2.05) is 43.3 Å². The third-order valence-corrected chi connectivity index (χ3v) is 3.67. The molecule has 0 aliphatic rings. The van der Waals surface area contributed by atoms with Crippen molar-refractivity contribution in [2.75, 3.05) is 6.54 Å². The molecule has 0 saturated carbocycles. The number of aliphatic hydroxyl groups is 1. The fourth-order valence-corrected chi connectivity index (χ4v) is 2.27. The molecule has 0 radical (unpaired) electrons. The Bertz CT molecular complexity index is 542. The van der Waals surface area contributed by atoms with Gasteiger partial charge in [-0.25, -0.2) is 0 Å². The maximum absolute atomic E-state index is 10.0. The molecule has 2 rings (SSSR count). The van der Waals surface area contributed by atoms with Crippen molar-refractivity contribution in [2.45, 2.75) is 26.0 Å². The molecule has 0 saturated heterocycles. The second kappa shape index (κ2) is 7.44. The number of nitrogens with one attached hydrogen (secondary N) is 1. The molecular formula is C17H20ClNO. The minimum absolute atomic E-state index is 0.390. The highest BCUT2D eigenvalue weighted by molar-refractivity contribution is 6.31. The number of aryl methyl sites for hydroxylation is 1. The van der Waals surface area contributed by atoms with Crippen LogP contribution in [0.2, 0.25) is 5.02 Å². The van der Waals surface area contributed by atoms with Crippen LogP contribution in [0, 0.1) is 6.92 Å². The summed E-state index contributed by atoms with van der Waals surface area (Å²) in [6.07, 6.45) is 0.249. The normalized spacial score (nSPS) is 12.3. The minimum Gasteiger partial charge on any atom is -0.391 e. The van der Waals surface area contributed by atoms with Crippen molar-refractivity contribution in [1.82, 2.24) is 5.32 Å². The Balaban J connectivity index is 1.77. The lowest BCUT2D eigenvalue weighted by molar-refractivity contribution is 0.171. The average molecular weight is 290 g/mol. The molecule has 2 nitrogen and oxygen atoms in total. The van der Waals surface area contributed by atoms with Crippen molar-refractivity contribution >= 4 is 11.6 Å². The molecule has 0 heterocycles. The summed E-state index contributed by atoms with van der Waals surface area (Å²) in [5, 5.41) is 14.1. The highest BCUT2D eigenvalue weighted by atomic mass is 35.5. The van der Waals surface area contributed by atoms with Gasteiger partial charge in [-0.1, -0.05) is 54.1 Å². The predicted molar refractivity (Wildman–Crippen MR) is 84.0 cm³/mol. The lowest BCUT2D eigenvalue weighted by atomic mass is 10.1. The molecule has 0 aliphatic carbocycles. The standard InChI is InChI=1S/C17H20ClNO/c1-13-9-15(7-8-17(13)18)10-16(20)12-19-11-14-5-3-2-4-6-14/h2-9,16,19-20H,10-12H2,1H3. The summed E-state index contributed by atoms with van der Waals surface area (Å²) >= 11 is 5.99. The molecule has 2 N–H and O–H groups in total. The molecule has 1 atom stereocenters. The van der Waals surface area contributed by atoms with E-state index < -0.39 is 0 Å². The van der Waals surface area contributed by atoms with Gasteiger partial charge >= 0.3 is 0 Å². The molecule has 0 amide bonds. The molecule has 106 valence electrons. The highest BCUT2D eigenvalue weighted by Crippen LogP contribution is 2.17. The van der Waals surface area contributed by atoms with E-state index in [9.17, 15) is 5.11 Å². The molecule has 0 fully saturated rings. The Morgan fingerprint density at radius 1 is 1.10 bits per heavy atom. The van der Waals surface area contributed by atoms with Gasteiger partial charge in [-0.15, -0.1) is 0 Å². The quantitative estimate of drug-likeness (QED) is 0.855. The van der Waals surface area contributed by atoms with Gasteiger partial charge in [0.05, 0.1) is 6.10 Å². The summed E-state index contributed by atoms with van der Waals surface area (Å²) in [4.78, 5) is 0. The van der Waals surface area contributed by atoms with Gasteiger partial charge < -0.3 is 10.4 Å². The van der Waals surface area contributed by atoms with E-state index in [0.717, 1.165) is 22.7 Å². The highest BCUT2D eigenvalue weighted by Gasteiger charge is 2.06. The van der Waals surface area contributed by atoms with Crippen molar-refractivity contribution in [3.05, 3.63) is 70.2 Å². The molecule has 0 aromatic heterocycles. The maximum atomic E-state index is 10.0. The SMILES string of the molecule is Cc1cc(CC(O)CNCc2ccccc2)ccc1Cl. The number of benzene rings is 2. The summed E-state index contributed by atoms with van der Waals surface area (Å²) in [5.41, 5.74) is 3.39. The van der Waals surface area contributed by atoms with E-state index in [-0.39, 0.29) is 6.10 Å². The fourth-order valence-electron chi connectivity index (χ4n) is 2.16. The molecule has 0 spiro atoms. The van der Waals surface area contributed by atoms with Crippen molar-refractivity contribution in [3.8, 4) is 0 Å². The monoisotopic (exact) mass is 289 g/mol. The summed E-state index contributed by atoms with van der Waals surface area (Å²) in [6.45, 7) is 3.33. The first kappa shape index (κ1) is 15.0. The summed E-state index contributed by atoms with van der Waals surface area (Å²) in [7, 11) is 0. The molecular weight excluding hydrogens is 270 g/mol. The fraction of sp³-hybridized carbons (Fsp3) is 0.294. The number of hydrogen-bond acceptors (Lipinski definition) is 2.